The molecule has 5 rings (SSSR count). The largest absolute Gasteiger partial charge is 0.361 e. The van der Waals surface area contributed by atoms with E-state index in [1.165, 1.54) is 11.6 Å². The molecule has 4 N–H and O–H groups in total. The third kappa shape index (κ3) is 3.41. The zero-order valence-corrected chi connectivity index (χ0v) is 16.5. The van der Waals surface area contributed by atoms with Gasteiger partial charge >= 0.3 is 0 Å². The third-order valence-electron chi connectivity index (χ3n) is 6.57. The van der Waals surface area contributed by atoms with Crippen molar-refractivity contribution in [3.05, 3.63) is 35.8 Å². The van der Waals surface area contributed by atoms with Crippen LogP contribution in [0, 0.1) is 11.7 Å². The van der Waals surface area contributed by atoms with E-state index in [1.54, 1.807) is 6.07 Å². The fraction of sp³-hybridized carbons (Fsp3) is 0.550. The molecule has 2 aromatic rings. The Morgan fingerprint density at radius 2 is 1.96 bits per heavy atom. The van der Waals surface area contributed by atoms with Gasteiger partial charge in [0.25, 0.3) is 0 Å². The Morgan fingerprint density at radius 1 is 1.14 bits per heavy atom. The van der Waals surface area contributed by atoms with Crippen molar-refractivity contribution in [2.45, 2.75) is 37.3 Å². The highest BCUT2D eigenvalue weighted by Gasteiger charge is 2.43. The van der Waals surface area contributed by atoms with Gasteiger partial charge < -0.3 is 15.2 Å². The molecule has 0 saturated carbocycles. The first-order valence-electron chi connectivity index (χ1n) is 9.98. The standard InChI is InChI=1S/C20H26FN5O.ClH/c21-13-1-2-14-15(11-23-18(14)9-13)12-4-7-26(8-5-12)20(27)19-16-10-22-6-3-17(16)24-25-19;/h1-2,9,11-12,16-17,19,22-25H,3-8,10H2;1H. The van der Waals surface area contributed by atoms with Gasteiger partial charge in [0.15, 0.2) is 0 Å². The molecule has 3 saturated heterocycles. The Morgan fingerprint density at radius 3 is 2.79 bits per heavy atom. The lowest BCUT2D eigenvalue weighted by Gasteiger charge is -2.35. The maximum atomic E-state index is 13.4. The molecule has 3 atom stereocenters. The molecular weight excluding hydrogens is 381 g/mol. The summed E-state index contributed by atoms with van der Waals surface area (Å²) in [5, 5.41) is 4.51. The number of likely N-dealkylation sites (tertiary alicyclic amines) is 1. The van der Waals surface area contributed by atoms with Gasteiger partial charge in [0.05, 0.1) is 0 Å². The van der Waals surface area contributed by atoms with Gasteiger partial charge in [0.1, 0.15) is 11.9 Å². The number of halogens is 2. The van der Waals surface area contributed by atoms with Gasteiger partial charge in [-0.2, -0.15) is 0 Å². The first kappa shape index (κ1) is 19.6. The first-order chi connectivity index (χ1) is 13.2. The van der Waals surface area contributed by atoms with Crippen LogP contribution in [-0.4, -0.2) is 54.1 Å². The van der Waals surface area contributed by atoms with E-state index in [0.29, 0.717) is 17.9 Å². The summed E-state index contributed by atoms with van der Waals surface area (Å²) >= 11 is 0. The van der Waals surface area contributed by atoms with Gasteiger partial charge in [-0.1, -0.05) is 0 Å². The second-order valence-corrected chi connectivity index (χ2v) is 8.06. The quantitative estimate of drug-likeness (QED) is 0.613. The summed E-state index contributed by atoms with van der Waals surface area (Å²) in [6, 6.07) is 5.19. The van der Waals surface area contributed by atoms with E-state index in [9.17, 15) is 9.18 Å². The number of hydrogen-bond acceptors (Lipinski definition) is 4. The number of amides is 1. The minimum atomic E-state index is -0.218. The first-order valence-corrected chi connectivity index (χ1v) is 9.98. The summed E-state index contributed by atoms with van der Waals surface area (Å²) in [5.74, 6) is 0.738. The number of fused-ring (bicyclic) bond motifs is 2. The Labute approximate surface area is 170 Å². The molecule has 0 spiro atoms. The lowest BCUT2D eigenvalue weighted by atomic mass is 9.86. The predicted octanol–water partition coefficient (Wildman–Crippen LogP) is 1.89. The number of piperidine rings is 2. The summed E-state index contributed by atoms with van der Waals surface area (Å²) < 4.78 is 13.4. The fourth-order valence-electron chi connectivity index (χ4n) is 5.03. The predicted molar refractivity (Wildman–Crippen MR) is 109 cm³/mol. The van der Waals surface area contributed by atoms with E-state index < -0.39 is 0 Å². The summed E-state index contributed by atoms with van der Waals surface area (Å²) in [5.41, 5.74) is 8.65. The van der Waals surface area contributed by atoms with Crippen LogP contribution in [0.3, 0.4) is 0 Å². The van der Waals surface area contributed by atoms with Crippen LogP contribution in [0.2, 0.25) is 0 Å². The molecule has 0 radical (unpaired) electrons. The highest BCUT2D eigenvalue weighted by molar-refractivity contribution is 5.85. The van der Waals surface area contributed by atoms with E-state index in [-0.39, 0.29) is 30.2 Å². The molecule has 1 aromatic heterocycles. The van der Waals surface area contributed by atoms with Crippen molar-refractivity contribution in [1.82, 2.24) is 26.1 Å². The monoisotopic (exact) mass is 407 g/mol. The molecule has 152 valence electrons. The second-order valence-electron chi connectivity index (χ2n) is 8.06. The molecule has 3 fully saturated rings. The van der Waals surface area contributed by atoms with Crippen molar-refractivity contribution >= 4 is 29.2 Å². The molecule has 3 aliphatic heterocycles. The van der Waals surface area contributed by atoms with Crippen molar-refractivity contribution in [3.8, 4) is 0 Å². The van der Waals surface area contributed by atoms with E-state index in [0.717, 1.165) is 56.3 Å². The summed E-state index contributed by atoms with van der Waals surface area (Å²) in [7, 11) is 0. The molecule has 28 heavy (non-hydrogen) atoms. The third-order valence-corrected chi connectivity index (χ3v) is 6.57. The van der Waals surface area contributed by atoms with Crippen LogP contribution < -0.4 is 16.2 Å². The van der Waals surface area contributed by atoms with Gasteiger partial charge in [-0.3, -0.25) is 10.2 Å². The van der Waals surface area contributed by atoms with Gasteiger partial charge in [-0.25, -0.2) is 9.82 Å². The molecule has 6 nitrogen and oxygen atoms in total. The number of hydrazine groups is 1. The van der Waals surface area contributed by atoms with E-state index in [4.69, 9.17) is 0 Å². The van der Waals surface area contributed by atoms with Gasteiger partial charge in [0, 0.05) is 48.7 Å². The number of benzene rings is 1. The molecule has 1 amide bonds. The van der Waals surface area contributed by atoms with E-state index in [2.05, 4.69) is 21.2 Å². The van der Waals surface area contributed by atoms with Crippen molar-refractivity contribution in [2.75, 3.05) is 26.2 Å². The zero-order valence-electron chi connectivity index (χ0n) is 15.7. The van der Waals surface area contributed by atoms with E-state index in [1.807, 2.05) is 17.2 Å². The fourth-order valence-corrected chi connectivity index (χ4v) is 5.03. The van der Waals surface area contributed by atoms with Gasteiger partial charge in [0.2, 0.25) is 5.91 Å². The Balaban J connectivity index is 0.00000192. The molecule has 8 heteroatoms. The van der Waals surface area contributed by atoms with Gasteiger partial charge in [-0.05, 0) is 55.5 Å². The molecular formula is C20H27ClFN5O. The maximum Gasteiger partial charge on any atom is 0.241 e. The lowest BCUT2D eigenvalue weighted by molar-refractivity contribution is -0.135. The maximum absolute atomic E-state index is 13.4. The number of nitrogens with zero attached hydrogens (tertiary/aromatic N) is 1. The topological polar surface area (TPSA) is 72.2 Å². The molecule has 0 bridgehead atoms. The number of H-pyrrole nitrogens is 1. The SMILES string of the molecule is Cl.O=C(C1NNC2CCNCC21)N1CCC(c2c[nH]c3cc(F)ccc23)CC1. The van der Waals surface area contributed by atoms with Crippen LogP contribution in [0.4, 0.5) is 4.39 Å². The Kier molecular flexibility index (Phi) is 5.60. The molecule has 3 unspecified atom stereocenters. The smallest absolute Gasteiger partial charge is 0.241 e. The Bertz CT molecular complexity index is 850. The van der Waals surface area contributed by atoms with Crippen molar-refractivity contribution in [2.24, 2.45) is 5.92 Å². The zero-order chi connectivity index (χ0) is 18.4. The highest BCUT2D eigenvalue weighted by atomic mass is 35.5. The number of carbonyl (C=O) groups is 1. The van der Waals surface area contributed by atoms with Crippen LogP contribution in [0.25, 0.3) is 10.9 Å². The number of aromatic nitrogens is 1. The molecule has 0 aliphatic carbocycles. The van der Waals surface area contributed by atoms with Crippen LogP contribution in [0.1, 0.15) is 30.7 Å². The van der Waals surface area contributed by atoms with E-state index >= 15 is 0 Å². The number of carbonyl (C=O) groups excluding carboxylic acids is 1. The summed E-state index contributed by atoms with van der Waals surface area (Å²) in [6.07, 6.45) is 4.96. The van der Waals surface area contributed by atoms with Crippen LogP contribution in [0.5, 0.6) is 0 Å². The summed E-state index contributed by atoms with van der Waals surface area (Å²) in [4.78, 5) is 18.3. The van der Waals surface area contributed by atoms with Gasteiger partial charge in [-0.15, -0.1) is 12.4 Å². The number of rotatable bonds is 2. The van der Waals surface area contributed by atoms with Crippen molar-refractivity contribution < 1.29 is 9.18 Å². The molecule has 1 aromatic carbocycles. The minimum Gasteiger partial charge on any atom is -0.361 e. The Hall–Kier alpha value is -1.67. The van der Waals surface area contributed by atoms with Crippen LogP contribution in [-0.2, 0) is 4.79 Å². The number of hydrogen-bond donors (Lipinski definition) is 4. The number of aromatic amines is 1. The second kappa shape index (κ2) is 7.99. The average Bonchev–Trinajstić information content (AvgIpc) is 3.31. The molecule has 3 aliphatic rings. The number of nitrogens with one attached hydrogen (secondary N) is 4. The minimum absolute atomic E-state index is 0. The van der Waals surface area contributed by atoms with Crippen molar-refractivity contribution in [1.29, 1.82) is 0 Å². The molecule has 4 heterocycles. The van der Waals surface area contributed by atoms with Crippen molar-refractivity contribution in [3.63, 3.8) is 0 Å². The average molecular weight is 408 g/mol. The highest BCUT2D eigenvalue weighted by Crippen LogP contribution is 2.34. The lowest BCUT2D eigenvalue weighted by Crippen LogP contribution is -2.52. The van der Waals surface area contributed by atoms with Crippen LogP contribution in [0.15, 0.2) is 24.4 Å². The van der Waals surface area contributed by atoms with Crippen LogP contribution >= 0.6 is 12.4 Å². The normalized spacial score (nSPS) is 28.2. The summed E-state index contributed by atoms with van der Waals surface area (Å²) in [6.45, 7) is 3.46.